The molecule has 17 heavy (non-hydrogen) atoms. The fraction of sp³-hybridized carbons (Fsp3) is 0.333. The molecule has 1 aromatic rings. The highest BCUT2D eigenvalue weighted by molar-refractivity contribution is 5.67. The molecule has 1 rings (SSSR count). The van der Waals surface area contributed by atoms with E-state index in [1.807, 2.05) is 0 Å². The van der Waals surface area contributed by atoms with Gasteiger partial charge < -0.3 is 9.47 Å². The highest BCUT2D eigenvalue weighted by Crippen LogP contribution is 2.21. The first-order valence-corrected chi connectivity index (χ1v) is 5.05. The molecule has 0 radical (unpaired) electrons. The Hall–Kier alpha value is -1.91. The van der Waals surface area contributed by atoms with Gasteiger partial charge in [0.05, 0.1) is 0 Å². The maximum atomic E-state index is 13.5. The smallest absolute Gasteiger partial charge is 0.303 e. The lowest BCUT2D eigenvalue weighted by atomic mass is 10.1. The second-order valence-electron chi connectivity index (χ2n) is 3.42. The van der Waals surface area contributed by atoms with Crippen LogP contribution in [0.4, 0.5) is 4.39 Å². The highest BCUT2D eigenvalue weighted by atomic mass is 19.1. The molecule has 0 saturated carbocycles. The lowest BCUT2D eigenvalue weighted by Crippen LogP contribution is -2.17. The van der Waals surface area contributed by atoms with Gasteiger partial charge in [-0.2, -0.15) is 0 Å². The van der Waals surface area contributed by atoms with E-state index in [2.05, 4.69) is 0 Å². The molecular weight excluding hydrogens is 227 g/mol. The lowest BCUT2D eigenvalue weighted by molar-refractivity contribution is -0.156. The maximum absolute atomic E-state index is 13.5. The third-order valence-corrected chi connectivity index (χ3v) is 2.00. The minimum absolute atomic E-state index is 0.184. The summed E-state index contributed by atoms with van der Waals surface area (Å²) in [6.45, 7) is 2.24. The van der Waals surface area contributed by atoms with Gasteiger partial charge in [0, 0.05) is 19.4 Å². The van der Waals surface area contributed by atoms with Gasteiger partial charge in [-0.05, 0) is 6.07 Å². The van der Waals surface area contributed by atoms with Crippen LogP contribution in [0.1, 0.15) is 25.5 Å². The van der Waals surface area contributed by atoms with E-state index in [1.54, 1.807) is 6.07 Å². The zero-order valence-corrected chi connectivity index (χ0v) is 9.60. The van der Waals surface area contributed by atoms with Gasteiger partial charge >= 0.3 is 11.9 Å². The van der Waals surface area contributed by atoms with E-state index in [0.29, 0.717) is 0 Å². The van der Waals surface area contributed by atoms with Gasteiger partial charge in [0.2, 0.25) is 0 Å². The van der Waals surface area contributed by atoms with Crippen molar-refractivity contribution in [1.29, 1.82) is 0 Å². The summed E-state index contributed by atoms with van der Waals surface area (Å²) < 4.78 is 23.1. The van der Waals surface area contributed by atoms with Crippen LogP contribution >= 0.6 is 0 Å². The molecule has 0 aromatic heterocycles. The van der Waals surface area contributed by atoms with Crippen LogP contribution in [0.3, 0.4) is 0 Å². The molecule has 0 unspecified atom stereocenters. The van der Waals surface area contributed by atoms with E-state index in [1.165, 1.54) is 32.0 Å². The SMILES string of the molecule is CC(=O)OC[C@@H](OC(C)=O)c1ccccc1F. The minimum Gasteiger partial charge on any atom is -0.462 e. The van der Waals surface area contributed by atoms with Gasteiger partial charge in [0.15, 0.2) is 6.10 Å². The minimum atomic E-state index is -0.919. The predicted octanol–water partition coefficient (Wildman–Crippen LogP) is 1.99. The van der Waals surface area contributed by atoms with Crippen LogP contribution in [0.25, 0.3) is 0 Å². The van der Waals surface area contributed by atoms with E-state index >= 15 is 0 Å². The Bertz CT molecular complexity index is 417. The number of hydrogen-bond donors (Lipinski definition) is 0. The fourth-order valence-electron chi connectivity index (χ4n) is 1.32. The van der Waals surface area contributed by atoms with Gasteiger partial charge in [0.25, 0.3) is 0 Å². The number of esters is 2. The lowest BCUT2D eigenvalue weighted by Gasteiger charge is -2.17. The molecule has 92 valence electrons. The Kier molecular flexibility index (Phi) is 4.63. The highest BCUT2D eigenvalue weighted by Gasteiger charge is 2.19. The molecule has 0 saturated heterocycles. The molecule has 0 bridgehead atoms. The van der Waals surface area contributed by atoms with Crippen LogP contribution in [0.5, 0.6) is 0 Å². The van der Waals surface area contributed by atoms with E-state index in [-0.39, 0.29) is 12.2 Å². The molecule has 0 aliphatic rings. The van der Waals surface area contributed by atoms with Crippen molar-refractivity contribution in [2.24, 2.45) is 0 Å². The summed E-state index contributed by atoms with van der Waals surface area (Å²) in [6, 6.07) is 5.87. The number of halogens is 1. The molecule has 4 nitrogen and oxygen atoms in total. The topological polar surface area (TPSA) is 52.6 Å². The first-order valence-electron chi connectivity index (χ1n) is 5.05. The molecule has 0 N–H and O–H groups in total. The molecular formula is C12H13FO4. The standard InChI is InChI=1S/C12H13FO4/c1-8(14)16-7-12(17-9(2)15)10-5-3-4-6-11(10)13/h3-6,12H,7H2,1-2H3/t12-/m1/s1. The number of carbonyl (C=O) groups excluding carboxylic acids is 2. The van der Waals surface area contributed by atoms with E-state index in [9.17, 15) is 14.0 Å². The largest absolute Gasteiger partial charge is 0.462 e. The van der Waals surface area contributed by atoms with Crippen molar-refractivity contribution < 1.29 is 23.5 Å². The van der Waals surface area contributed by atoms with Crippen LogP contribution in [0.2, 0.25) is 0 Å². The summed E-state index contributed by atoms with van der Waals surface area (Å²) in [5, 5.41) is 0. The van der Waals surface area contributed by atoms with E-state index in [4.69, 9.17) is 9.47 Å². The summed E-state index contributed by atoms with van der Waals surface area (Å²) in [6.07, 6.45) is -0.919. The first kappa shape index (κ1) is 13.2. The summed E-state index contributed by atoms with van der Waals surface area (Å²) in [7, 11) is 0. The third kappa shape index (κ3) is 4.22. The molecule has 1 atom stereocenters. The van der Waals surface area contributed by atoms with Gasteiger partial charge in [-0.1, -0.05) is 18.2 Å². The van der Waals surface area contributed by atoms with Gasteiger partial charge in [-0.25, -0.2) is 4.39 Å². The second-order valence-corrected chi connectivity index (χ2v) is 3.42. The van der Waals surface area contributed by atoms with E-state index in [0.717, 1.165) is 0 Å². The van der Waals surface area contributed by atoms with Crippen molar-refractivity contribution in [3.63, 3.8) is 0 Å². The number of carbonyl (C=O) groups is 2. The average molecular weight is 240 g/mol. The Morgan fingerprint density at radius 3 is 2.41 bits per heavy atom. The molecule has 0 amide bonds. The zero-order chi connectivity index (χ0) is 12.8. The fourth-order valence-corrected chi connectivity index (χ4v) is 1.32. The average Bonchev–Trinajstić information content (AvgIpc) is 2.24. The van der Waals surface area contributed by atoms with Crippen LogP contribution < -0.4 is 0 Å². The maximum Gasteiger partial charge on any atom is 0.303 e. The number of ether oxygens (including phenoxy) is 2. The van der Waals surface area contributed by atoms with Crippen molar-refractivity contribution in [3.05, 3.63) is 35.6 Å². The molecule has 1 aromatic carbocycles. The summed E-state index contributed by atoms with van der Waals surface area (Å²) in [4.78, 5) is 21.6. The normalized spacial score (nSPS) is 11.7. The molecule has 0 aliphatic carbocycles. The Labute approximate surface area is 98.3 Å². The molecule has 0 heterocycles. The monoisotopic (exact) mass is 240 g/mol. The molecule has 0 fully saturated rings. The zero-order valence-electron chi connectivity index (χ0n) is 9.60. The predicted molar refractivity (Wildman–Crippen MR) is 57.5 cm³/mol. The quantitative estimate of drug-likeness (QED) is 0.755. The Morgan fingerprint density at radius 1 is 1.24 bits per heavy atom. The number of rotatable bonds is 4. The van der Waals surface area contributed by atoms with Crippen molar-refractivity contribution in [3.8, 4) is 0 Å². The van der Waals surface area contributed by atoms with Crippen LogP contribution in [0.15, 0.2) is 24.3 Å². The van der Waals surface area contributed by atoms with Crippen molar-refractivity contribution in [2.75, 3.05) is 6.61 Å². The van der Waals surface area contributed by atoms with Gasteiger partial charge in [-0.3, -0.25) is 9.59 Å². The number of benzene rings is 1. The number of hydrogen-bond acceptors (Lipinski definition) is 4. The van der Waals surface area contributed by atoms with E-state index < -0.39 is 23.9 Å². The summed E-state index contributed by atoms with van der Waals surface area (Å²) in [5.74, 6) is -1.59. The van der Waals surface area contributed by atoms with Crippen molar-refractivity contribution in [1.82, 2.24) is 0 Å². The summed E-state index contributed by atoms with van der Waals surface area (Å²) in [5.41, 5.74) is 0.184. The molecule has 0 aliphatic heterocycles. The van der Waals surface area contributed by atoms with Crippen molar-refractivity contribution >= 4 is 11.9 Å². The third-order valence-electron chi connectivity index (χ3n) is 2.00. The first-order chi connectivity index (χ1) is 8.00. The van der Waals surface area contributed by atoms with Gasteiger partial charge in [0.1, 0.15) is 12.4 Å². The van der Waals surface area contributed by atoms with Crippen LogP contribution in [-0.2, 0) is 19.1 Å². The summed E-state index contributed by atoms with van der Waals surface area (Å²) >= 11 is 0. The van der Waals surface area contributed by atoms with Crippen molar-refractivity contribution in [2.45, 2.75) is 20.0 Å². The van der Waals surface area contributed by atoms with Gasteiger partial charge in [-0.15, -0.1) is 0 Å². The van der Waals surface area contributed by atoms with Crippen LogP contribution in [0, 0.1) is 5.82 Å². The second kappa shape index (κ2) is 5.98. The Morgan fingerprint density at radius 2 is 1.88 bits per heavy atom. The molecule has 0 spiro atoms. The molecule has 5 heteroatoms. The van der Waals surface area contributed by atoms with Crippen LogP contribution in [-0.4, -0.2) is 18.5 Å². The Balaban J connectivity index is 2.85.